The highest BCUT2D eigenvalue weighted by Gasteiger charge is 2.11. The molecule has 2 aromatic rings. The number of carbonyl (C=O) groups excluding carboxylic acids is 1. The van der Waals surface area contributed by atoms with E-state index < -0.39 is 5.91 Å². The lowest BCUT2D eigenvalue weighted by Crippen LogP contribution is -2.14. The van der Waals surface area contributed by atoms with Gasteiger partial charge in [-0.2, -0.15) is 0 Å². The van der Waals surface area contributed by atoms with E-state index in [1.807, 2.05) is 0 Å². The van der Waals surface area contributed by atoms with Crippen LogP contribution in [0.5, 0.6) is 5.75 Å². The maximum atomic E-state index is 11.8. The number of aromatic hydroxyl groups is 1. The summed E-state index contributed by atoms with van der Waals surface area (Å²) >= 11 is 6.34. The third-order valence-electron chi connectivity index (χ3n) is 1.92. The number of rotatable bonds is 2. The Morgan fingerprint density at radius 2 is 2.06 bits per heavy atom. The molecule has 1 amide bonds. The molecule has 2 heterocycles. The number of nitrogens with zero attached hydrogens (tertiary/aromatic N) is 3. The fourth-order valence-corrected chi connectivity index (χ4v) is 2.07. The van der Waals surface area contributed by atoms with Crippen molar-refractivity contribution in [3.63, 3.8) is 0 Å². The normalized spacial score (nSPS) is 10.1. The summed E-state index contributed by atoms with van der Waals surface area (Å²) in [7, 11) is 0. The lowest BCUT2D eigenvalue weighted by atomic mass is 10.2. The first kappa shape index (κ1) is 12.9. The Hall–Kier alpha value is -1.54. The fraction of sp³-hybridized carbons (Fsp3) is 0. The van der Waals surface area contributed by atoms with Gasteiger partial charge in [-0.25, -0.2) is 9.97 Å². The van der Waals surface area contributed by atoms with Crippen LogP contribution in [0.15, 0.2) is 33.9 Å². The first-order valence-electron chi connectivity index (χ1n) is 4.69. The summed E-state index contributed by atoms with van der Waals surface area (Å²) in [4.78, 5) is 23.6. The van der Waals surface area contributed by atoms with Crippen LogP contribution in [0.1, 0.15) is 10.4 Å². The van der Waals surface area contributed by atoms with E-state index in [-0.39, 0.29) is 17.1 Å². The SMILES string of the molecule is O=C(Nc1ncc(Br)nc1Br)c1cncc(O)c1. The second kappa shape index (κ2) is 5.40. The molecule has 18 heavy (non-hydrogen) atoms. The molecule has 2 rings (SSSR count). The highest BCUT2D eigenvalue weighted by Crippen LogP contribution is 2.20. The molecule has 0 aromatic carbocycles. The third kappa shape index (κ3) is 3.02. The predicted molar refractivity (Wildman–Crippen MR) is 71.3 cm³/mol. The molecule has 0 saturated heterocycles. The molecule has 0 spiro atoms. The van der Waals surface area contributed by atoms with Crippen LogP contribution in [0.4, 0.5) is 5.82 Å². The van der Waals surface area contributed by atoms with Gasteiger partial charge in [0.2, 0.25) is 0 Å². The Kier molecular flexibility index (Phi) is 3.87. The molecule has 2 N–H and O–H groups in total. The molecule has 92 valence electrons. The van der Waals surface area contributed by atoms with E-state index in [9.17, 15) is 9.90 Å². The van der Waals surface area contributed by atoms with Gasteiger partial charge >= 0.3 is 0 Å². The Labute approximate surface area is 119 Å². The lowest BCUT2D eigenvalue weighted by Gasteiger charge is -2.05. The molecule has 0 aliphatic rings. The van der Waals surface area contributed by atoms with Crippen molar-refractivity contribution in [3.05, 3.63) is 39.4 Å². The molecule has 0 radical (unpaired) electrons. The Balaban J connectivity index is 2.21. The molecule has 8 heteroatoms. The van der Waals surface area contributed by atoms with Crippen LogP contribution < -0.4 is 5.32 Å². The van der Waals surface area contributed by atoms with Crippen LogP contribution in [0, 0.1) is 0 Å². The standard InChI is InChI=1S/C10H6Br2N4O2/c11-7-4-14-9(8(12)15-7)16-10(18)5-1-6(17)3-13-2-5/h1-4,17H,(H,14,16,18). The quantitative estimate of drug-likeness (QED) is 0.843. The van der Waals surface area contributed by atoms with Crippen molar-refractivity contribution in [2.45, 2.75) is 0 Å². The number of hydrogen-bond acceptors (Lipinski definition) is 5. The van der Waals surface area contributed by atoms with Crippen molar-refractivity contribution in [1.29, 1.82) is 0 Å². The van der Waals surface area contributed by atoms with Gasteiger partial charge in [0, 0.05) is 6.20 Å². The molecule has 6 nitrogen and oxygen atoms in total. The molecule has 0 atom stereocenters. The molecule has 0 aliphatic carbocycles. The van der Waals surface area contributed by atoms with Crippen molar-refractivity contribution >= 4 is 43.6 Å². The fourth-order valence-electron chi connectivity index (χ4n) is 1.16. The van der Waals surface area contributed by atoms with E-state index in [0.29, 0.717) is 9.21 Å². The molecule has 0 bridgehead atoms. The average molecular weight is 374 g/mol. The zero-order chi connectivity index (χ0) is 13.1. The van der Waals surface area contributed by atoms with Crippen LogP contribution in [0.3, 0.4) is 0 Å². The number of amides is 1. The zero-order valence-corrected chi connectivity index (χ0v) is 11.9. The van der Waals surface area contributed by atoms with E-state index in [1.165, 1.54) is 24.7 Å². The molecule has 0 saturated carbocycles. The van der Waals surface area contributed by atoms with Gasteiger partial charge in [-0.15, -0.1) is 0 Å². The van der Waals surface area contributed by atoms with E-state index >= 15 is 0 Å². The summed E-state index contributed by atoms with van der Waals surface area (Å²) in [6.07, 6.45) is 4.04. The van der Waals surface area contributed by atoms with Gasteiger partial charge in [0.1, 0.15) is 15.0 Å². The Bertz CT molecular complexity index is 606. The van der Waals surface area contributed by atoms with Crippen LogP contribution in [0.2, 0.25) is 0 Å². The first-order valence-corrected chi connectivity index (χ1v) is 6.28. The van der Waals surface area contributed by atoms with Crippen molar-refractivity contribution in [1.82, 2.24) is 15.0 Å². The largest absolute Gasteiger partial charge is 0.506 e. The molecule has 0 unspecified atom stereocenters. The van der Waals surface area contributed by atoms with E-state index in [1.54, 1.807) is 0 Å². The van der Waals surface area contributed by atoms with Gasteiger partial charge in [-0.1, -0.05) is 0 Å². The number of pyridine rings is 1. The van der Waals surface area contributed by atoms with Crippen LogP contribution in [0.25, 0.3) is 0 Å². The average Bonchev–Trinajstić information content (AvgIpc) is 2.32. The number of carbonyl (C=O) groups is 1. The second-order valence-electron chi connectivity index (χ2n) is 3.22. The highest BCUT2D eigenvalue weighted by atomic mass is 79.9. The van der Waals surface area contributed by atoms with Gasteiger partial charge in [0.25, 0.3) is 5.91 Å². The van der Waals surface area contributed by atoms with Gasteiger partial charge < -0.3 is 10.4 Å². The summed E-state index contributed by atoms with van der Waals surface area (Å²) in [6.45, 7) is 0. The predicted octanol–water partition coefficient (Wildman–Crippen LogP) is 2.35. The topological polar surface area (TPSA) is 88.0 Å². The van der Waals surface area contributed by atoms with Crippen LogP contribution in [-0.4, -0.2) is 26.0 Å². The third-order valence-corrected chi connectivity index (χ3v) is 2.85. The minimum absolute atomic E-state index is 0.0800. The number of anilines is 1. The molecule has 0 fully saturated rings. The van der Waals surface area contributed by atoms with Gasteiger partial charge in [0.15, 0.2) is 5.82 Å². The molecule has 0 aliphatic heterocycles. The first-order chi connectivity index (χ1) is 8.56. The molecular weight excluding hydrogens is 368 g/mol. The van der Waals surface area contributed by atoms with Crippen LogP contribution >= 0.6 is 31.9 Å². The number of hydrogen-bond donors (Lipinski definition) is 2. The number of aromatic nitrogens is 3. The van der Waals surface area contributed by atoms with Gasteiger partial charge in [-0.05, 0) is 37.9 Å². The van der Waals surface area contributed by atoms with Gasteiger partial charge in [-0.3, -0.25) is 9.78 Å². The minimum atomic E-state index is -0.435. The highest BCUT2D eigenvalue weighted by molar-refractivity contribution is 9.11. The van der Waals surface area contributed by atoms with Crippen molar-refractivity contribution < 1.29 is 9.90 Å². The summed E-state index contributed by atoms with van der Waals surface area (Å²) < 4.78 is 0.949. The summed E-state index contributed by atoms with van der Waals surface area (Å²) in [5.74, 6) is -0.231. The number of nitrogens with one attached hydrogen (secondary N) is 1. The zero-order valence-electron chi connectivity index (χ0n) is 8.76. The molecule has 2 aromatic heterocycles. The second-order valence-corrected chi connectivity index (χ2v) is 4.78. The monoisotopic (exact) mass is 372 g/mol. The van der Waals surface area contributed by atoms with Crippen molar-refractivity contribution in [3.8, 4) is 5.75 Å². The maximum Gasteiger partial charge on any atom is 0.258 e. The Morgan fingerprint density at radius 1 is 1.28 bits per heavy atom. The van der Waals surface area contributed by atoms with E-state index in [2.05, 4.69) is 52.1 Å². The minimum Gasteiger partial charge on any atom is -0.506 e. The number of halogens is 2. The van der Waals surface area contributed by atoms with Crippen LogP contribution in [-0.2, 0) is 0 Å². The van der Waals surface area contributed by atoms with E-state index in [0.717, 1.165) is 0 Å². The van der Waals surface area contributed by atoms with E-state index in [4.69, 9.17) is 0 Å². The van der Waals surface area contributed by atoms with Crippen molar-refractivity contribution in [2.24, 2.45) is 0 Å². The maximum absolute atomic E-state index is 11.8. The lowest BCUT2D eigenvalue weighted by molar-refractivity contribution is 0.102. The smallest absolute Gasteiger partial charge is 0.258 e. The Morgan fingerprint density at radius 3 is 2.72 bits per heavy atom. The van der Waals surface area contributed by atoms with Gasteiger partial charge in [0.05, 0.1) is 18.0 Å². The summed E-state index contributed by atoms with van der Waals surface area (Å²) in [5.41, 5.74) is 0.228. The molecular formula is C10H6Br2N4O2. The summed E-state index contributed by atoms with van der Waals surface area (Å²) in [6, 6.07) is 1.31. The summed E-state index contributed by atoms with van der Waals surface area (Å²) in [5, 5.41) is 11.8. The van der Waals surface area contributed by atoms with Crippen molar-refractivity contribution in [2.75, 3.05) is 5.32 Å².